The number of carboxylic acids is 1. The molecule has 2 aromatic carbocycles. The Labute approximate surface area is 164 Å². The van der Waals surface area contributed by atoms with E-state index >= 15 is 0 Å². The van der Waals surface area contributed by atoms with Crippen LogP contribution in [-0.2, 0) is 10.0 Å². The van der Waals surface area contributed by atoms with E-state index in [-0.39, 0.29) is 16.2 Å². The topological polar surface area (TPSA) is 110 Å². The van der Waals surface area contributed by atoms with Crippen molar-refractivity contribution in [3.63, 3.8) is 0 Å². The van der Waals surface area contributed by atoms with Crippen molar-refractivity contribution in [1.29, 1.82) is 0 Å². The van der Waals surface area contributed by atoms with E-state index in [1.54, 1.807) is 12.1 Å². The first kappa shape index (κ1) is 20.2. The lowest BCUT2D eigenvalue weighted by molar-refractivity contribution is 0.0696. The number of piperidine rings is 1. The Morgan fingerprint density at radius 2 is 1.64 bits per heavy atom. The molecule has 1 saturated heterocycles. The smallest absolute Gasteiger partial charge is 0.335 e. The summed E-state index contributed by atoms with van der Waals surface area (Å²) >= 11 is 0. The van der Waals surface area contributed by atoms with Crippen molar-refractivity contribution in [2.24, 2.45) is 5.14 Å². The third-order valence-corrected chi connectivity index (χ3v) is 5.62. The Bertz CT molecular complexity index is 991. The normalized spacial score (nSPS) is 14.8. The van der Waals surface area contributed by atoms with Gasteiger partial charge in [0.05, 0.1) is 11.3 Å². The Hall–Kier alpha value is -2.58. The van der Waals surface area contributed by atoms with Gasteiger partial charge in [-0.1, -0.05) is 6.07 Å². The second-order valence-corrected chi connectivity index (χ2v) is 8.68. The lowest BCUT2D eigenvalue weighted by Gasteiger charge is -2.31. The second-order valence-electron chi connectivity index (χ2n) is 7.15. The van der Waals surface area contributed by atoms with E-state index in [1.807, 2.05) is 24.8 Å². The average molecular weight is 404 g/mol. The molecule has 3 rings (SSSR count). The molecule has 0 radical (unpaired) electrons. The van der Waals surface area contributed by atoms with Crippen LogP contribution in [0.3, 0.4) is 0 Å². The van der Waals surface area contributed by atoms with E-state index in [4.69, 9.17) is 9.88 Å². The number of aryl methyl sites for hydroxylation is 2. The lowest BCUT2D eigenvalue weighted by Crippen LogP contribution is -2.30. The summed E-state index contributed by atoms with van der Waals surface area (Å²) in [4.78, 5) is 13.2. The minimum Gasteiger partial charge on any atom is -0.478 e. The summed E-state index contributed by atoms with van der Waals surface area (Å²) in [5, 5.41) is 14.9. The first-order valence-corrected chi connectivity index (χ1v) is 10.6. The fraction of sp³-hybridized carbons (Fsp3) is 0.350. The van der Waals surface area contributed by atoms with Gasteiger partial charge in [0, 0.05) is 13.1 Å². The van der Waals surface area contributed by atoms with Crippen molar-refractivity contribution in [2.45, 2.75) is 38.0 Å². The highest BCUT2D eigenvalue weighted by Gasteiger charge is 2.27. The van der Waals surface area contributed by atoms with Gasteiger partial charge in [0.15, 0.2) is 5.75 Å². The maximum Gasteiger partial charge on any atom is 0.335 e. The largest absolute Gasteiger partial charge is 0.478 e. The second kappa shape index (κ2) is 7.81. The minimum atomic E-state index is -4.21. The summed E-state index contributed by atoms with van der Waals surface area (Å²) in [5.74, 6) is -0.677. The summed E-state index contributed by atoms with van der Waals surface area (Å²) in [6.07, 6.45) is 2.94. The van der Waals surface area contributed by atoms with Crippen LogP contribution in [0.1, 0.15) is 40.7 Å². The highest BCUT2D eigenvalue weighted by molar-refractivity contribution is 7.89. The van der Waals surface area contributed by atoms with Crippen LogP contribution in [0, 0.1) is 13.8 Å². The highest BCUT2D eigenvalue weighted by Crippen LogP contribution is 2.40. The molecule has 150 valence electrons. The molecule has 3 N–H and O–H groups in total. The molecule has 8 heteroatoms. The number of carbonyl (C=O) groups is 1. The molecule has 7 nitrogen and oxygen atoms in total. The van der Waals surface area contributed by atoms with Gasteiger partial charge in [-0.25, -0.2) is 18.4 Å². The molecule has 0 amide bonds. The quantitative estimate of drug-likeness (QED) is 0.790. The van der Waals surface area contributed by atoms with E-state index in [0.29, 0.717) is 24.5 Å². The monoisotopic (exact) mass is 404 g/mol. The number of benzene rings is 2. The van der Waals surface area contributed by atoms with E-state index in [9.17, 15) is 18.3 Å². The first-order chi connectivity index (χ1) is 13.1. The minimum absolute atomic E-state index is 0.0689. The molecule has 1 aliphatic rings. The van der Waals surface area contributed by atoms with Crippen LogP contribution in [-0.4, -0.2) is 32.6 Å². The van der Waals surface area contributed by atoms with E-state index < -0.39 is 16.0 Å². The maximum absolute atomic E-state index is 12.3. The van der Waals surface area contributed by atoms with Gasteiger partial charge in [-0.3, -0.25) is 0 Å². The Balaban J connectivity index is 2.22. The third kappa shape index (κ3) is 4.45. The number of ether oxygens (including phenoxy) is 1. The fourth-order valence-corrected chi connectivity index (χ4v) is 4.20. The number of hydrogen-bond acceptors (Lipinski definition) is 5. The van der Waals surface area contributed by atoms with E-state index in [0.717, 1.165) is 36.5 Å². The third-order valence-electron chi connectivity index (χ3n) is 4.70. The van der Waals surface area contributed by atoms with Crippen LogP contribution in [0.15, 0.2) is 35.2 Å². The Kier molecular flexibility index (Phi) is 5.62. The lowest BCUT2D eigenvalue weighted by atomic mass is 10.1. The van der Waals surface area contributed by atoms with E-state index in [1.165, 1.54) is 6.07 Å². The summed E-state index contributed by atoms with van der Waals surface area (Å²) in [6.45, 7) is 5.21. The molecule has 1 heterocycles. The molecule has 0 aromatic heterocycles. The van der Waals surface area contributed by atoms with E-state index in [2.05, 4.69) is 0 Å². The molecule has 0 aliphatic carbocycles. The van der Waals surface area contributed by atoms with Crippen molar-refractivity contribution in [3.8, 4) is 11.5 Å². The predicted molar refractivity (Wildman–Crippen MR) is 107 cm³/mol. The van der Waals surface area contributed by atoms with Crippen LogP contribution < -0.4 is 14.8 Å². The number of hydrogen-bond donors (Lipinski definition) is 2. The number of aromatic carboxylic acids is 1. The van der Waals surface area contributed by atoms with Gasteiger partial charge in [0.1, 0.15) is 10.6 Å². The molecule has 1 fully saturated rings. The SMILES string of the molecule is Cc1cc(C)cc(Oc2c(N3CCCCC3)cc(C(=O)O)cc2S(N)(=O)=O)c1. The molecule has 1 aliphatic heterocycles. The Morgan fingerprint density at radius 1 is 1.04 bits per heavy atom. The standard InChI is InChI=1S/C20H24N2O5S/c1-13-8-14(2)10-16(9-13)27-19-17(22-6-4-3-5-7-22)11-15(20(23)24)12-18(19)28(21,25)26/h8-12H,3-7H2,1-2H3,(H,23,24)(H2,21,25,26). The number of nitrogens with two attached hydrogens (primary N) is 1. The van der Waals surface area contributed by atoms with Crippen LogP contribution in [0.2, 0.25) is 0 Å². The van der Waals surface area contributed by atoms with Crippen molar-refractivity contribution in [3.05, 3.63) is 47.0 Å². The number of carboxylic acid groups (broad SMARTS) is 1. The van der Waals surface area contributed by atoms with Crippen LogP contribution in [0.25, 0.3) is 0 Å². The maximum atomic E-state index is 12.3. The van der Waals surface area contributed by atoms with Gasteiger partial charge in [-0.2, -0.15) is 0 Å². The molecular formula is C20H24N2O5S. The van der Waals surface area contributed by atoms with Crippen molar-refractivity contribution in [2.75, 3.05) is 18.0 Å². The van der Waals surface area contributed by atoms with Gasteiger partial charge in [0.2, 0.25) is 10.0 Å². The Morgan fingerprint density at radius 3 is 2.18 bits per heavy atom. The summed E-state index contributed by atoms with van der Waals surface area (Å²) in [5.41, 5.74) is 2.22. The fourth-order valence-electron chi connectivity index (χ4n) is 3.50. The number of anilines is 1. The zero-order valence-corrected chi connectivity index (χ0v) is 16.8. The van der Waals surface area contributed by atoms with Crippen LogP contribution >= 0.6 is 0 Å². The zero-order chi connectivity index (χ0) is 20.5. The predicted octanol–water partition coefficient (Wildman–Crippen LogP) is 3.43. The van der Waals surface area contributed by atoms with Crippen LogP contribution in [0.5, 0.6) is 11.5 Å². The van der Waals surface area contributed by atoms with Gasteiger partial charge in [-0.05, 0) is 68.5 Å². The molecule has 0 bridgehead atoms. The first-order valence-electron chi connectivity index (χ1n) is 9.10. The zero-order valence-electron chi connectivity index (χ0n) is 15.9. The molecule has 0 unspecified atom stereocenters. The number of nitrogens with zero attached hydrogens (tertiary/aromatic N) is 1. The molecule has 2 aromatic rings. The molecule has 0 atom stereocenters. The molecule has 0 saturated carbocycles. The summed E-state index contributed by atoms with van der Waals surface area (Å²) < 4.78 is 30.6. The summed E-state index contributed by atoms with van der Waals surface area (Å²) in [7, 11) is -4.21. The van der Waals surface area contributed by atoms with Gasteiger partial charge in [0.25, 0.3) is 0 Å². The van der Waals surface area contributed by atoms with Gasteiger partial charge < -0.3 is 14.7 Å². The molecule has 0 spiro atoms. The number of primary sulfonamides is 1. The molecule has 28 heavy (non-hydrogen) atoms. The van der Waals surface area contributed by atoms with Gasteiger partial charge >= 0.3 is 5.97 Å². The van der Waals surface area contributed by atoms with Crippen molar-refractivity contribution in [1.82, 2.24) is 0 Å². The number of sulfonamides is 1. The van der Waals surface area contributed by atoms with Gasteiger partial charge in [-0.15, -0.1) is 0 Å². The average Bonchev–Trinajstić information content (AvgIpc) is 2.60. The number of rotatable bonds is 5. The molecular weight excluding hydrogens is 380 g/mol. The van der Waals surface area contributed by atoms with Crippen molar-refractivity contribution < 1.29 is 23.1 Å². The summed E-state index contributed by atoms with van der Waals surface area (Å²) in [6, 6.07) is 8.09. The van der Waals surface area contributed by atoms with Crippen molar-refractivity contribution >= 4 is 21.7 Å². The highest BCUT2D eigenvalue weighted by atomic mass is 32.2. The van der Waals surface area contributed by atoms with Crippen LogP contribution in [0.4, 0.5) is 5.69 Å².